The van der Waals surface area contributed by atoms with Crippen molar-refractivity contribution in [2.24, 2.45) is 5.92 Å². The smallest absolute Gasteiger partial charge is 0.414 e. The molecule has 4 nitrogen and oxygen atoms in total. The van der Waals surface area contributed by atoms with E-state index in [0.29, 0.717) is 18.3 Å². The maximum absolute atomic E-state index is 11.9. The average molecular weight is 291 g/mol. The summed E-state index contributed by atoms with van der Waals surface area (Å²) in [5.74, 6) is 0.0361. The van der Waals surface area contributed by atoms with Crippen LogP contribution in [0.2, 0.25) is 0 Å². The Balaban J connectivity index is 2.53. The molecule has 0 bridgehead atoms. The SMILES string of the molecule is CC(C)COc1cccc(C(=O)NOCC(F)(F)F)c1. The number of hydrogen-bond donors (Lipinski definition) is 1. The van der Waals surface area contributed by atoms with Crippen LogP contribution in [0.25, 0.3) is 0 Å². The fourth-order valence-electron chi connectivity index (χ4n) is 1.23. The van der Waals surface area contributed by atoms with Crippen LogP contribution in [-0.4, -0.2) is 25.3 Å². The van der Waals surface area contributed by atoms with Crippen LogP contribution in [0.1, 0.15) is 24.2 Å². The molecule has 112 valence electrons. The molecular formula is C13H16F3NO3. The van der Waals surface area contributed by atoms with E-state index in [4.69, 9.17) is 4.74 Å². The van der Waals surface area contributed by atoms with Crippen molar-refractivity contribution in [3.63, 3.8) is 0 Å². The second-order valence-electron chi connectivity index (χ2n) is 4.57. The zero-order chi connectivity index (χ0) is 15.2. The van der Waals surface area contributed by atoms with E-state index < -0.39 is 18.7 Å². The zero-order valence-corrected chi connectivity index (χ0v) is 11.2. The zero-order valence-electron chi connectivity index (χ0n) is 11.2. The molecule has 0 spiro atoms. The summed E-state index contributed by atoms with van der Waals surface area (Å²) in [5, 5.41) is 0. The molecule has 0 fully saturated rings. The maximum atomic E-state index is 11.9. The van der Waals surface area contributed by atoms with Gasteiger partial charge in [0.15, 0.2) is 6.61 Å². The van der Waals surface area contributed by atoms with Crippen molar-refractivity contribution in [2.75, 3.05) is 13.2 Å². The molecule has 0 saturated carbocycles. The van der Waals surface area contributed by atoms with Crippen molar-refractivity contribution in [1.29, 1.82) is 0 Å². The Kier molecular flexibility index (Phi) is 5.82. The predicted molar refractivity (Wildman–Crippen MR) is 66.2 cm³/mol. The van der Waals surface area contributed by atoms with E-state index >= 15 is 0 Å². The summed E-state index contributed by atoms with van der Waals surface area (Å²) in [5.41, 5.74) is 1.89. The molecule has 0 aliphatic rings. The highest BCUT2D eigenvalue weighted by molar-refractivity contribution is 5.93. The maximum Gasteiger partial charge on any atom is 0.414 e. The van der Waals surface area contributed by atoms with Gasteiger partial charge >= 0.3 is 6.18 Å². The van der Waals surface area contributed by atoms with Crippen molar-refractivity contribution in [3.05, 3.63) is 29.8 Å². The highest BCUT2D eigenvalue weighted by atomic mass is 19.4. The monoisotopic (exact) mass is 291 g/mol. The summed E-state index contributed by atoms with van der Waals surface area (Å²) in [4.78, 5) is 15.6. The van der Waals surface area contributed by atoms with Gasteiger partial charge < -0.3 is 4.74 Å². The Labute approximate surface area is 114 Å². The summed E-state index contributed by atoms with van der Waals surface area (Å²) in [6.07, 6.45) is -4.49. The fourth-order valence-corrected chi connectivity index (χ4v) is 1.23. The number of halogens is 3. The lowest BCUT2D eigenvalue weighted by Gasteiger charge is -2.11. The third-order valence-corrected chi connectivity index (χ3v) is 2.08. The van der Waals surface area contributed by atoms with Gasteiger partial charge in [0, 0.05) is 5.56 Å². The van der Waals surface area contributed by atoms with Crippen molar-refractivity contribution in [3.8, 4) is 5.75 Å². The van der Waals surface area contributed by atoms with E-state index in [0.717, 1.165) is 0 Å². The molecule has 1 aromatic carbocycles. The second-order valence-corrected chi connectivity index (χ2v) is 4.57. The molecule has 0 saturated heterocycles. The van der Waals surface area contributed by atoms with E-state index in [2.05, 4.69) is 4.84 Å². The molecule has 0 heterocycles. The summed E-state index contributed by atoms with van der Waals surface area (Å²) < 4.78 is 41.0. The van der Waals surface area contributed by atoms with Crippen molar-refractivity contribution < 1.29 is 27.5 Å². The summed E-state index contributed by atoms with van der Waals surface area (Å²) in [6, 6.07) is 6.13. The molecule has 20 heavy (non-hydrogen) atoms. The Morgan fingerprint density at radius 1 is 1.35 bits per heavy atom. The number of hydrogen-bond acceptors (Lipinski definition) is 3. The first kappa shape index (κ1) is 16.3. The van der Waals surface area contributed by atoms with Crippen LogP contribution in [0.5, 0.6) is 5.75 Å². The largest absolute Gasteiger partial charge is 0.493 e. The number of rotatable bonds is 6. The van der Waals surface area contributed by atoms with Gasteiger partial charge in [-0.1, -0.05) is 19.9 Å². The lowest BCUT2D eigenvalue weighted by atomic mass is 10.2. The summed E-state index contributed by atoms with van der Waals surface area (Å²) in [6.45, 7) is 2.89. The highest BCUT2D eigenvalue weighted by Gasteiger charge is 2.28. The van der Waals surface area contributed by atoms with Crippen molar-refractivity contribution in [2.45, 2.75) is 20.0 Å². The minimum absolute atomic E-state index is 0.161. The van der Waals surface area contributed by atoms with E-state index in [-0.39, 0.29) is 5.56 Å². The number of carbonyl (C=O) groups excluding carboxylic acids is 1. The minimum atomic E-state index is -4.49. The quantitative estimate of drug-likeness (QED) is 0.820. The van der Waals surface area contributed by atoms with Crippen LogP contribution in [0.3, 0.4) is 0 Å². The Hall–Kier alpha value is -1.76. The van der Waals surface area contributed by atoms with E-state index in [1.165, 1.54) is 12.1 Å². The summed E-state index contributed by atoms with van der Waals surface area (Å²) >= 11 is 0. The van der Waals surface area contributed by atoms with Gasteiger partial charge in [-0.25, -0.2) is 5.48 Å². The Morgan fingerprint density at radius 2 is 2.05 bits per heavy atom. The third-order valence-electron chi connectivity index (χ3n) is 2.08. The number of nitrogens with one attached hydrogen (secondary N) is 1. The van der Waals surface area contributed by atoms with Crippen LogP contribution >= 0.6 is 0 Å². The predicted octanol–water partition coefficient (Wildman–Crippen LogP) is 2.95. The van der Waals surface area contributed by atoms with Crippen LogP contribution in [0, 0.1) is 5.92 Å². The molecule has 0 unspecified atom stereocenters. The first-order valence-corrected chi connectivity index (χ1v) is 5.99. The van der Waals surface area contributed by atoms with Crippen LogP contribution < -0.4 is 10.2 Å². The Morgan fingerprint density at radius 3 is 2.65 bits per heavy atom. The number of carbonyl (C=O) groups is 1. The Bertz CT molecular complexity index is 447. The average Bonchev–Trinajstić information content (AvgIpc) is 2.35. The van der Waals surface area contributed by atoms with Gasteiger partial charge in [0.1, 0.15) is 5.75 Å². The standard InChI is InChI=1S/C13H16F3NO3/c1-9(2)7-19-11-5-3-4-10(6-11)12(18)17-20-8-13(14,15)16/h3-6,9H,7-8H2,1-2H3,(H,17,18). The number of amides is 1. The second kappa shape index (κ2) is 7.14. The van der Waals surface area contributed by atoms with Gasteiger partial charge in [-0.2, -0.15) is 13.2 Å². The molecule has 1 aromatic rings. The van der Waals surface area contributed by atoms with Gasteiger partial charge in [-0.15, -0.1) is 0 Å². The molecule has 0 atom stereocenters. The van der Waals surface area contributed by atoms with E-state index in [1.54, 1.807) is 17.6 Å². The molecule has 0 aromatic heterocycles. The van der Waals surface area contributed by atoms with Gasteiger partial charge in [-0.3, -0.25) is 9.63 Å². The fraction of sp³-hybridized carbons (Fsp3) is 0.462. The van der Waals surface area contributed by atoms with E-state index in [9.17, 15) is 18.0 Å². The topological polar surface area (TPSA) is 47.6 Å². The van der Waals surface area contributed by atoms with Crippen LogP contribution in [0.15, 0.2) is 24.3 Å². The van der Waals surface area contributed by atoms with Gasteiger partial charge in [-0.05, 0) is 24.1 Å². The number of ether oxygens (including phenoxy) is 1. The first-order valence-electron chi connectivity index (χ1n) is 5.99. The minimum Gasteiger partial charge on any atom is -0.493 e. The molecule has 1 N–H and O–H groups in total. The normalized spacial score (nSPS) is 11.5. The first-order chi connectivity index (χ1) is 9.28. The van der Waals surface area contributed by atoms with Crippen LogP contribution in [-0.2, 0) is 4.84 Å². The lowest BCUT2D eigenvalue weighted by molar-refractivity contribution is -0.184. The lowest BCUT2D eigenvalue weighted by Crippen LogP contribution is -2.29. The molecule has 0 aliphatic heterocycles. The number of benzene rings is 1. The van der Waals surface area contributed by atoms with Crippen molar-refractivity contribution >= 4 is 5.91 Å². The van der Waals surface area contributed by atoms with E-state index in [1.807, 2.05) is 13.8 Å². The van der Waals surface area contributed by atoms with Gasteiger partial charge in [0.2, 0.25) is 0 Å². The van der Waals surface area contributed by atoms with Gasteiger partial charge in [0.05, 0.1) is 6.61 Å². The number of hydroxylamine groups is 1. The van der Waals surface area contributed by atoms with Crippen molar-refractivity contribution in [1.82, 2.24) is 5.48 Å². The summed E-state index contributed by atoms with van der Waals surface area (Å²) in [7, 11) is 0. The molecule has 0 aliphatic carbocycles. The molecule has 1 rings (SSSR count). The molecule has 1 amide bonds. The highest BCUT2D eigenvalue weighted by Crippen LogP contribution is 2.15. The molecular weight excluding hydrogens is 275 g/mol. The van der Waals surface area contributed by atoms with Gasteiger partial charge in [0.25, 0.3) is 5.91 Å². The molecule has 0 radical (unpaired) electrons. The number of alkyl halides is 3. The third kappa shape index (κ3) is 6.42. The van der Waals surface area contributed by atoms with Crippen LogP contribution in [0.4, 0.5) is 13.2 Å². The molecule has 7 heteroatoms.